The number of aryl methyl sites for hydroxylation is 4. The Bertz CT molecular complexity index is 1160. The van der Waals surface area contributed by atoms with E-state index in [9.17, 15) is 0 Å². The lowest BCUT2D eigenvalue weighted by atomic mass is 9.77. The van der Waals surface area contributed by atoms with Gasteiger partial charge in [0.15, 0.2) is 0 Å². The first-order chi connectivity index (χ1) is 16.8. The van der Waals surface area contributed by atoms with Gasteiger partial charge in [0.1, 0.15) is 0 Å². The van der Waals surface area contributed by atoms with Crippen molar-refractivity contribution in [1.29, 1.82) is 0 Å². The lowest BCUT2D eigenvalue weighted by Crippen LogP contribution is -2.20. The van der Waals surface area contributed by atoms with Crippen molar-refractivity contribution in [2.24, 2.45) is 0 Å². The molecule has 4 aliphatic carbocycles. The minimum Gasteiger partial charge on any atom is -0.0620 e. The van der Waals surface area contributed by atoms with E-state index in [1.165, 1.54) is 51.4 Å². The molecule has 0 bridgehead atoms. The highest BCUT2D eigenvalue weighted by Gasteiger charge is 2.45. The number of fused-ring (bicyclic) bond motifs is 8. The molecule has 0 nitrogen and oxygen atoms in total. The molecule has 4 aromatic carbocycles. The molecule has 34 heavy (non-hydrogen) atoms. The Morgan fingerprint density at radius 2 is 0.559 bits per heavy atom. The fraction of sp³-hybridized carbons (Fsp3) is 0.294. The smallest absolute Gasteiger partial charge is 0.0214 e. The average Bonchev–Trinajstić information content (AvgIpc) is 3.67. The molecule has 0 amide bonds. The molecule has 0 heteroatoms. The highest BCUT2D eigenvalue weighted by atomic mass is 14.5. The van der Waals surface area contributed by atoms with Crippen molar-refractivity contribution in [2.45, 2.75) is 62.2 Å². The quantitative estimate of drug-likeness (QED) is 0.262. The SMILES string of the molecule is c1ccc2c(c1)CCC21CCc2ccccc21.c1ccc2c(c1)CCC21CCc2ccccc21. The van der Waals surface area contributed by atoms with Crippen molar-refractivity contribution < 1.29 is 0 Å². The van der Waals surface area contributed by atoms with Crippen LogP contribution in [0.15, 0.2) is 97.1 Å². The Morgan fingerprint density at radius 3 is 0.824 bits per heavy atom. The first-order valence-electron chi connectivity index (χ1n) is 13.1. The van der Waals surface area contributed by atoms with E-state index in [1.54, 1.807) is 44.5 Å². The van der Waals surface area contributed by atoms with Gasteiger partial charge >= 0.3 is 0 Å². The minimum absolute atomic E-state index is 0.354. The van der Waals surface area contributed by atoms with Crippen molar-refractivity contribution in [2.75, 3.05) is 0 Å². The summed E-state index contributed by atoms with van der Waals surface area (Å²) in [4.78, 5) is 0. The Hall–Kier alpha value is -3.12. The third-order valence-corrected chi connectivity index (χ3v) is 9.42. The van der Waals surface area contributed by atoms with Gasteiger partial charge in [0.05, 0.1) is 0 Å². The third kappa shape index (κ3) is 2.84. The van der Waals surface area contributed by atoms with Gasteiger partial charge in [-0.15, -0.1) is 0 Å². The molecule has 0 atom stereocenters. The second-order valence-electron chi connectivity index (χ2n) is 10.8. The van der Waals surface area contributed by atoms with E-state index in [0.717, 1.165) is 0 Å². The van der Waals surface area contributed by atoms with E-state index >= 15 is 0 Å². The Kier molecular flexibility index (Phi) is 4.59. The molecular formula is C34H32. The van der Waals surface area contributed by atoms with Crippen molar-refractivity contribution in [3.63, 3.8) is 0 Å². The summed E-state index contributed by atoms with van der Waals surface area (Å²) in [5.74, 6) is 0. The largest absolute Gasteiger partial charge is 0.0620 e. The van der Waals surface area contributed by atoms with E-state index in [1.807, 2.05) is 0 Å². The van der Waals surface area contributed by atoms with Gasteiger partial charge in [-0.05, 0) is 95.9 Å². The summed E-state index contributed by atoms with van der Waals surface area (Å²) >= 11 is 0. The number of benzene rings is 4. The first-order valence-corrected chi connectivity index (χ1v) is 13.1. The summed E-state index contributed by atoms with van der Waals surface area (Å²) in [5, 5.41) is 0. The third-order valence-electron chi connectivity index (χ3n) is 9.42. The van der Waals surface area contributed by atoms with E-state index in [2.05, 4.69) is 97.1 Å². The Balaban J connectivity index is 0.000000118. The van der Waals surface area contributed by atoms with Crippen LogP contribution in [0.5, 0.6) is 0 Å². The van der Waals surface area contributed by atoms with Crippen molar-refractivity contribution in [1.82, 2.24) is 0 Å². The summed E-state index contributed by atoms with van der Waals surface area (Å²) in [6, 6.07) is 36.2. The van der Waals surface area contributed by atoms with Gasteiger partial charge in [0.2, 0.25) is 0 Å². The van der Waals surface area contributed by atoms with Gasteiger partial charge in [-0.2, -0.15) is 0 Å². The molecule has 0 heterocycles. The molecule has 168 valence electrons. The molecule has 0 aromatic heterocycles. The molecule has 4 aromatic rings. The average molecular weight is 441 g/mol. The van der Waals surface area contributed by atoms with Crippen LogP contribution in [0.3, 0.4) is 0 Å². The van der Waals surface area contributed by atoms with Crippen LogP contribution in [0, 0.1) is 0 Å². The van der Waals surface area contributed by atoms with E-state index in [0.29, 0.717) is 10.8 Å². The molecule has 2 spiro atoms. The second kappa shape index (κ2) is 7.70. The predicted octanol–water partition coefficient (Wildman–Crippen LogP) is 7.73. The van der Waals surface area contributed by atoms with Crippen LogP contribution in [0.2, 0.25) is 0 Å². The lowest BCUT2D eigenvalue weighted by molar-refractivity contribution is 0.507. The molecule has 0 aliphatic heterocycles. The fourth-order valence-corrected chi connectivity index (χ4v) is 7.83. The molecule has 0 fully saturated rings. The molecule has 8 rings (SSSR count). The monoisotopic (exact) mass is 440 g/mol. The fourth-order valence-electron chi connectivity index (χ4n) is 7.83. The predicted molar refractivity (Wildman–Crippen MR) is 141 cm³/mol. The zero-order chi connectivity index (χ0) is 22.6. The van der Waals surface area contributed by atoms with Crippen LogP contribution < -0.4 is 0 Å². The molecule has 0 radical (unpaired) electrons. The van der Waals surface area contributed by atoms with Crippen LogP contribution in [-0.2, 0) is 36.5 Å². The number of hydrogen-bond acceptors (Lipinski definition) is 0. The van der Waals surface area contributed by atoms with Crippen LogP contribution in [0.25, 0.3) is 0 Å². The number of rotatable bonds is 0. The van der Waals surface area contributed by atoms with Gasteiger partial charge in [-0.25, -0.2) is 0 Å². The second-order valence-corrected chi connectivity index (χ2v) is 10.8. The number of hydrogen-bond donors (Lipinski definition) is 0. The first kappa shape index (κ1) is 20.3. The Morgan fingerprint density at radius 1 is 0.324 bits per heavy atom. The van der Waals surface area contributed by atoms with Crippen molar-refractivity contribution >= 4 is 0 Å². The van der Waals surface area contributed by atoms with E-state index < -0.39 is 0 Å². The maximum atomic E-state index is 2.35. The van der Waals surface area contributed by atoms with Crippen LogP contribution >= 0.6 is 0 Å². The van der Waals surface area contributed by atoms with Crippen molar-refractivity contribution in [3.05, 3.63) is 142 Å². The molecule has 0 unspecified atom stereocenters. The maximum Gasteiger partial charge on any atom is 0.0214 e. The van der Waals surface area contributed by atoms with Gasteiger partial charge in [-0.3, -0.25) is 0 Å². The molecule has 0 N–H and O–H groups in total. The van der Waals surface area contributed by atoms with E-state index in [4.69, 9.17) is 0 Å². The molecule has 0 saturated heterocycles. The van der Waals surface area contributed by atoms with Gasteiger partial charge in [0.25, 0.3) is 0 Å². The lowest BCUT2D eigenvalue weighted by Gasteiger charge is -2.26. The standard InChI is InChI=1S/2C17H16/c2*1-3-7-15-13(5-1)9-11-17(15)12-10-14-6-2-4-8-16(14)17/h2*1-8H,9-12H2. The molecule has 4 aliphatic rings. The Labute approximate surface area is 203 Å². The van der Waals surface area contributed by atoms with Gasteiger partial charge < -0.3 is 0 Å². The topological polar surface area (TPSA) is 0 Å². The summed E-state index contributed by atoms with van der Waals surface area (Å²) in [6.07, 6.45) is 10.3. The maximum absolute atomic E-state index is 2.35. The summed E-state index contributed by atoms with van der Waals surface area (Å²) in [6.45, 7) is 0. The minimum atomic E-state index is 0.354. The van der Waals surface area contributed by atoms with E-state index in [-0.39, 0.29) is 0 Å². The van der Waals surface area contributed by atoms with Crippen molar-refractivity contribution in [3.8, 4) is 0 Å². The zero-order valence-corrected chi connectivity index (χ0v) is 19.9. The normalized spacial score (nSPS) is 19.3. The summed E-state index contributed by atoms with van der Waals surface area (Å²) in [7, 11) is 0. The van der Waals surface area contributed by atoms with Gasteiger partial charge in [0, 0.05) is 10.8 Å². The molecule has 0 saturated carbocycles. The highest BCUT2D eigenvalue weighted by Crippen LogP contribution is 2.53. The van der Waals surface area contributed by atoms with Gasteiger partial charge in [-0.1, -0.05) is 97.1 Å². The van der Waals surface area contributed by atoms with Crippen LogP contribution in [0.1, 0.15) is 70.2 Å². The highest BCUT2D eigenvalue weighted by molar-refractivity contribution is 5.54. The summed E-state index contributed by atoms with van der Waals surface area (Å²) < 4.78 is 0. The van der Waals surface area contributed by atoms with Crippen LogP contribution in [0.4, 0.5) is 0 Å². The zero-order valence-electron chi connectivity index (χ0n) is 19.9. The summed E-state index contributed by atoms with van der Waals surface area (Å²) in [5.41, 5.74) is 13.4. The van der Waals surface area contributed by atoms with Crippen LogP contribution in [-0.4, -0.2) is 0 Å². The molecular weight excluding hydrogens is 408 g/mol.